The zero-order valence-electron chi connectivity index (χ0n) is 11.2. The van der Waals surface area contributed by atoms with E-state index in [-0.39, 0.29) is 11.5 Å². The Bertz CT molecular complexity index is 725. The second-order valence-electron chi connectivity index (χ2n) is 4.89. The van der Waals surface area contributed by atoms with Crippen LogP contribution < -0.4 is 10.6 Å². The van der Waals surface area contributed by atoms with E-state index in [0.29, 0.717) is 11.3 Å². The highest BCUT2D eigenvalue weighted by atomic mass is 16.4. The van der Waals surface area contributed by atoms with Crippen molar-refractivity contribution in [2.45, 2.75) is 6.42 Å². The van der Waals surface area contributed by atoms with Crippen LogP contribution in [-0.4, -0.2) is 23.5 Å². The summed E-state index contributed by atoms with van der Waals surface area (Å²) in [5, 5.41) is 14.9. The van der Waals surface area contributed by atoms with E-state index < -0.39 is 5.97 Å². The van der Waals surface area contributed by atoms with Crippen LogP contribution in [0.3, 0.4) is 0 Å². The van der Waals surface area contributed by atoms with Crippen LogP contribution in [0, 0.1) is 0 Å². The number of benzene rings is 2. The maximum absolute atomic E-state index is 12.2. The van der Waals surface area contributed by atoms with Crippen molar-refractivity contribution < 1.29 is 14.7 Å². The molecule has 0 aromatic heterocycles. The van der Waals surface area contributed by atoms with E-state index in [2.05, 4.69) is 10.6 Å². The van der Waals surface area contributed by atoms with Crippen molar-refractivity contribution in [3.63, 3.8) is 0 Å². The molecule has 1 aliphatic rings. The molecule has 3 N–H and O–H groups in total. The molecule has 1 amide bonds. The number of rotatable bonds is 3. The fourth-order valence-electron chi connectivity index (χ4n) is 2.38. The first-order valence-electron chi connectivity index (χ1n) is 6.65. The lowest BCUT2D eigenvalue weighted by Crippen LogP contribution is -2.12. The van der Waals surface area contributed by atoms with Gasteiger partial charge in [-0.1, -0.05) is 6.07 Å². The van der Waals surface area contributed by atoms with Crippen LogP contribution in [0.5, 0.6) is 0 Å². The van der Waals surface area contributed by atoms with E-state index in [9.17, 15) is 9.59 Å². The first-order valence-corrected chi connectivity index (χ1v) is 6.65. The second kappa shape index (κ2) is 5.28. The van der Waals surface area contributed by atoms with Crippen LogP contribution >= 0.6 is 0 Å². The lowest BCUT2D eigenvalue weighted by Gasteiger charge is -2.07. The van der Waals surface area contributed by atoms with Gasteiger partial charge in [-0.2, -0.15) is 0 Å². The molecule has 2 aromatic carbocycles. The van der Waals surface area contributed by atoms with Gasteiger partial charge in [0.05, 0.1) is 5.56 Å². The minimum absolute atomic E-state index is 0.144. The molecule has 0 bridgehead atoms. The van der Waals surface area contributed by atoms with Crippen molar-refractivity contribution in [1.82, 2.24) is 0 Å². The van der Waals surface area contributed by atoms with Crippen molar-refractivity contribution in [2.75, 3.05) is 17.2 Å². The summed E-state index contributed by atoms with van der Waals surface area (Å²) in [4.78, 5) is 23.1. The van der Waals surface area contributed by atoms with Gasteiger partial charge in [0.15, 0.2) is 0 Å². The predicted molar refractivity (Wildman–Crippen MR) is 80.0 cm³/mol. The second-order valence-corrected chi connectivity index (χ2v) is 4.89. The van der Waals surface area contributed by atoms with Gasteiger partial charge in [-0.3, -0.25) is 4.79 Å². The van der Waals surface area contributed by atoms with E-state index in [4.69, 9.17) is 5.11 Å². The Morgan fingerprint density at radius 3 is 2.76 bits per heavy atom. The molecule has 0 saturated carbocycles. The first-order chi connectivity index (χ1) is 10.1. The zero-order valence-corrected chi connectivity index (χ0v) is 11.2. The van der Waals surface area contributed by atoms with Gasteiger partial charge in [0, 0.05) is 23.5 Å². The number of carboxylic acids is 1. The molecule has 0 unspecified atom stereocenters. The van der Waals surface area contributed by atoms with Crippen LogP contribution in [-0.2, 0) is 6.42 Å². The molecule has 106 valence electrons. The average Bonchev–Trinajstić information content (AvgIpc) is 2.94. The number of carbonyl (C=O) groups excluding carboxylic acids is 1. The molecule has 0 atom stereocenters. The van der Waals surface area contributed by atoms with Gasteiger partial charge in [0.2, 0.25) is 0 Å². The van der Waals surface area contributed by atoms with Crippen LogP contribution in [0.25, 0.3) is 0 Å². The maximum atomic E-state index is 12.2. The first kappa shape index (κ1) is 13.2. The third kappa shape index (κ3) is 2.72. The third-order valence-electron chi connectivity index (χ3n) is 3.44. The predicted octanol–water partition coefficient (Wildman–Crippen LogP) is 2.61. The highest BCUT2D eigenvalue weighted by Crippen LogP contribution is 2.23. The van der Waals surface area contributed by atoms with Gasteiger partial charge in [-0.05, 0) is 48.4 Å². The number of amides is 1. The van der Waals surface area contributed by atoms with Gasteiger partial charge >= 0.3 is 5.97 Å². The summed E-state index contributed by atoms with van der Waals surface area (Å²) in [5.74, 6) is -1.26. The number of hydrogen-bond acceptors (Lipinski definition) is 3. The Labute approximate surface area is 121 Å². The van der Waals surface area contributed by atoms with Gasteiger partial charge in [-0.15, -0.1) is 0 Å². The summed E-state index contributed by atoms with van der Waals surface area (Å²) >= 11 is 0. The Morgan fingerprint density at radius 1 is 1.10 bits per heavy atom. The van der Waals surface area contributed by atoms with Gasteiger partial charge < -0.3 is 15.7 Å². The Balaban J connectivity index is 1.80. The highest BCUT2D eigenvalue weighted by molar-refractivity contribution is 6.05. The molecule has 1 heterocycles. The molecular weight excluding hydrogens is 268 g/mol. The molecule has 0 aliphatic carbocycles. The third-order valence-corrected chi connectivity index (χ3v) is 3.44. The van der Waals surface area contributed by atoms with Crippen molar-refractivity contribution >= 4 is 23.3 Å². The summed E-state index contributed by atoms with van der Waals surface area (Å²) in [6.45, 7) is 0.890. The normalized spacial score (nSPS) is 12.4. The standard InChI is InChI=1S/C16H14N2O3/c19-15(11-4-5-14-10(8-11)6-7-17-14)18-13-3-1-2-12(9-13)16(20)21/h1-5,8-9,17H,6-7H2,(H,18,19)(H,20,21). The molecule has 0 spiro atoms. The number of carbonyl (C=O) groups is 2. The SMILES string of the molecule is O=C(O)c1cccc(NC(=O)c2ccc3c(c2)CCN3)c1. The van der Waals surface area contributed by atoms with E-state index in [0.717, 1.165) is 24.2 Å². The number of aromatic carboxylic acids is 1. The van der Waals surface area contributed by atoms with Gasteiger partial charge in [0.25, 0.3) is 5.91 Å². The summed E-state index contributed by atoms with van der Waals surface area (Å²) < 4.78 is 0. The van der Waals surface area contributed by atoms with Crippen LogP contribution in [0.1, 0.15) is 26.3 Å². The monoisotopic (exact) mass is 282 g/mol. The molecule has 5 heteroatoms. The average molecular weight is 282 g/mol. The molecule has 21 heavy (non-hydrogen) atoms. The van der Waals surface area contributed by atoms with Crippen molar-refractivity contribution in [3.05, 3.63) is 59.2 Å². The smallest absolute Gasteiger partial charge is 0.335 e. The minimum atomic E-state index is -1.02. The molecule has 2 aromatic rings. The van der Waals surface area contributed by atoms with Crippen LogP contribution in [0.2, 0.25) is 0 Å². The van der Waals surface area contributed by atoms with E-state index in [1.807, 2.05) is 12.1 Å². The summed E-state index contributed by atoms with van der Waals surface area (Å²) in [6, 6.07) is 11.7. The molecule has 5 nitrogen and oxygen atoms in total. The van der Waals surface area contributed by atoms with Crippen molar-refractivity contribution in [3.8, 4) is 0 Å². The Morgan fingerprint density at radius 2 is 1.95 bits per heavy atom. The van der Waals surface area contributed by atoms with E-state index >= 15 is 0 Å². The number of nitrogens with one attached hydrogen (secondary N) is 2. The van der Waals surface area contributed by atoms with Crippen molar-refractivity contribution in [2.24, 2.45) is 0 Å². The molecule has 0 radical (unpaired) electrons. The van der Waals surface area contributed by atoms with Crippen LogP contribution in [0.4, 0.5) is 11.4 Å². The number of carboxylic acid groups (broad SMARTS) is 1. The van der Waals surface area contributed by atoms with Crippen LogP contribution in [0.15, 0.2) is 42.5 Å². The number of anilines is 2. The molecule has 1 aliphatic heterocycles. The highest BCUT2D eigenvalue weighted by Gasteiger charge is 2.14. The fraction of sp³-hybridized carbons (Fsp3) is 0.125. The Hall–Kier alpha value is -2.82. The molecule has 0 saturated heterocycles. The number of hydrogen-bond donors (Lipinski definition) is 3. The largest absolute Gasteiger partial charge is 0.478 e. The molecule has 3 rings (SSSR count). The summed E-state index contributed by atoms with van der Waals surface area (Å²) in [6.07, 6.45) is 0.908. The minimum Gasteiger partial charge on any atom is -0.478 e. The maximum Gasteiger partial charge on any atom is 0.335 e. The Kier molecular flexibility index (Phi) is 3.31. The van der Waals surface area contributed by atoms with Gasteiger partial charge in [0.1, 0.15) is 0 Å². The quantitative estimate of drug-likeness (QED) is 0.808. The van der Waals surface area contributed by atoms with E-state index in [1.54, 1.807) is 18.2 Å². The summed E-state index contributed by atoms with van der Waals surface area (Å²) in [7, 11) is 0. The fourth-order valence-corrected chi connectivity index (χ4v) is 2.38. The molecular formula is C16H14N2O3. The molecule has 0 fully saturated rings. The zero-order chi connectivity index (χ0) is 14.8. The van der Waals surface area contributed by atoms with Gasteiger partial charge in [-0.25, -0.2) is 4.79 Å². The topological polar surface area (TPSA) is 78.4 Å². The summed E-state index contributed by atoms with van der Waals surface area (Å²) in [5.41, 5.74) is 3.38. The van der Waals surface area contributed by atoms with E-state index in [1.165, 1.54) is 12.1 Å². The lowest BCUT2D eigenvalue weighted by molar-refractivity contribution is 0.0696. The number of fused-ring (bicyclic) bond motifs is 1. The lowest BCUT2D eigenvalue weighted by atomic mass is 10.1. The van der Waals surface area contributed by atoms with Crippen molar-refractivity contribution in [1.29, 1.82) is 0 Å².